The van der Waals surface area contributed by atoms with Crippen molar-refractivity contribution in [2.75, 3.05) is 26.2 Å². The third kappa shape index (κ3) is 2.90. The van der Waals surface area contributed by atoms with Gasteiger partial charge in [0, 0.05) is 26.2 Å². The zero-order chi connectivity index (χ0) is 14.2. The molecule has 2 saturated heterocycles. The van der Waals surface area contributed by atoms with E-state index in [0.29, 0.717) is 12.8 Å². The van der Waals surface area contributed by atoms with Crippen LogP contribution in [0.2, 0.25) is 0 Å². The van der Waals surface area contributed by atoms with Gasteiger partial charge in [0.25, 0.3) is 10.2 Å². The van der Waals surface area contributed by atoms with Gasteiger partial charge in [0.2, 0.25) is 0 Å². The molecule has 0 bridgehead atoms. The largest absolute Gasteiger partial charge is 0.481 e. The second-order valence-electron chi connectivity index (χ2n) is 4.99. The second kappa shape index (κ2) is 5.33. The first-order valence-corrected chi connectivity index (χ1v) is 7.56. The van der Waals surface area contributed by atoms with Crippen molar-refractivity contribution >= 4 is 16.2 Å². The molecule has 110 valence electrons. The lowest BCUT2D eigenvalue weighted by molar-refractivity contribution is -0.142. The fourth-order valence-electron chi connectivity index (χ4n) is 2.44. The quantitative estimate of drug-likeness (QED) is 0.557. The summed E-state index contributed by atoms with van der Waals surface area (Å²) in [7, 11) is -3.81. The van der Waals surface area contributed by atoms with Crippen LogP contribution in [0.3, 0.4) is 0 Å². The van der Waals surface area contributed by atoms with E-state index in [-0.39, 0.29) is 26.2 Å². The van der Waals surface area contributed by atoms with Crippen molar-refractivity contribution in [2.45, 2.75) is 25.0 Å². The summed E-state index contributed by atoms with van der Waals surface area (Å²) in [6.07, 6.45) is -1.22. The van der Waals surface area contributed by atoms with Crippen molar-refractivity contribution < 1.29 is 28.5 Å². The summed E-state index contributed by atoms with van der Waals surface area (Å²) in [5, 5.41) is 27.8. The topological polar surface area (TPSA) is 118 Å². The van der Waals surface area contributed by atoms with E-state index in [1.807, 2.05) is 0 Å². The SMILES string of the molecule is O=C(O)C1CCCN(S(=O)(=O)N2CC(O)C(O)C2)C1. The molecule has 3 N–H and O–H groups in total. The first-order valence-electron chi connectivity index (χ1n) is 6.16. The number of aliphatic carboxylic acids is 1. The minimum absolute atomic E-state index is 0.0552. The highest BCUT2D eigenvalue weighted by molar-refractivity contribution is 7.86. The van der Waals surface area contributed by atoms with Gasteiger partial charge < -0.3 is 15.3 Å². The first-order chi connectivity index (χ1) is 8.82. The lowest BCUT2D eigenvalue weighted by atomic mass is 10.0. The van der Waals surface area contributed by atoms with Crippen LogP contribution < -0.4 is 0 Å². The maximum atomic E-state index is 12.3. The molecule has 2 rings (SSSR count). The number of hydrogen-bond acceptors (Lipinski definition) is 5. The minimum atomic E-state index is -3.81. The highest BCUT2D eigenvalue weighted by atomic mass is 32.2. The molecular weight excluding hydrogens is 276 g/mol. The van der Waals surface area contributed by atoms with Crippen LogP contribution in [-0.2, 0) is 15.0 Å². The molecule has 2 aliphatic rings. The lowest BCUT2D eigenvalue weighted by Gasteiger charge is -2.32. The smallest absolute Gasteiger partial charge is 0.307 e. The van der Waals surface area contributed by atoms with Crippen molar-refractivity contribution in [3.8, 4) is 0 Å². The van der Waals surface area contributed by atoms with Crippen LogP contribution in [0.1, 0.15) is 12.8 Å². The molecule has 0 aromatic heterocycles. The van der Waals surface area contributed by atoms with Gasteiger partial charge in [0.05, 0.1) is 18.1 Å². The van der Waals surface area contributed by atoms with E-state index in [0.717, 1.165) is 8.61 Å². The van der Waals surface area contributed by atoms with E-state index in [4.69, 9.17) is 5.11 Å². The van der Waals surface area contributed by atoms with E-state index in [9.17, 15) is 23.4 Å². The van der Waals surface area contributed by atoms with Gasteiger partial charge >= 0.3 is 5.97 Å². The first kappa shape index (κ1) is 14.7. The normalized spacial score (nSPS) is 34.5. The van der Waals surface area contributed by atoms with Crippen molar-refractivity contribution in [2.24, 2.45) is 5.92 Å². The fourth-order valence-corrected chi connectivity index (χ4v) is 4.18. The van der Waals surface area contributed by atoms with Gasteiger partial charge in [-0.2, -0.15) is 17.0 Å². The standard InChI is InChI=1S/C10H18N2O6S/c13-8-5-12(6-9(8)14)19(17,18)11-3-1-2-7(4-11)10(15)16/h7-9,13-14H,1-6H2,(H,15,16). The number of piperidine rings is 1. The number of aliphatic hydroxyl groups excluding tert-OH is 2. The Morgan fingerprint density at radius 2 is 1.63 bits per heavy atom. The number of hydrogen-bond donors (Lipinski definition) is 3. The monoisotopic (exact) mass is 294 g/mol. The van der Waals surface area contributed by atoms with Gasteiger partial charge in [0.1, 0.15) is 0 Å². The highest BCUT2D eigenvalue weighted by Crippen LogP contribution is 2.24. The van der Waals surface area contributed by atoms with Crippen LogP contribution in [0.4, 0.5) is 0 Å². The number of carbonyl (C=O) groups is 1. The molecule has 0 amide bonds. The molecule has 3 atom stereocenters. The summed E-state index contributed by atoms with van der Waals surface area (Å²) in [5.74, 6) is -1.69. The van der Waals surface area contributed by atoms with Crippen LogP contribution >= 0.6 is 0 Å². The van der Waals surface area contributed by atoms with Crippen molar-refractivity contribution in [3.63, 3.8) is 0 Å². The fraction of sp³-hybridized carbons (Fsp3) is 0.900. The van der Waals surface area contributed by atoms with Crippen LogP contribution in [0.15, 0.2) is 0 Å². The number of nitrogens with zero attached hydrogens (tertiary/aromatic N) is 2. The number of carboxylic acid groups (broad SMARTS) is 1. The molecule has 8 nitrogen and oxygen atoms in total. The summed E-state index contributed by atoms with van der Waals surface area (Å²) in [6, 6.07) is 0. The summed E-state index contributed by atoms with van der Waals surface area (Å²) in [4.78, 5) is 10.9. The van der Waals surface area contributed by atoms with Crippen LogP contribution in [0, 0.1) is 5.92 Å². The Balaban J connectivity index is 2.09. The Bertz CT molecular complexity index is 443. The van der Waals surface area contributed by atoms with E-state index >= 15 is 0 Å². The predicted molar refractivity (Wildman–Crippen MR) is 64.4 cm³/mol. The summed E-state index contributed by atoms with van der Waals surface area (Å²) < 4.78 is 26.7. The number of β-amino-alcohol motifs (C(OH)–C–C–N with tert-alkyl or cyclic N) is 2. The van der Waals surface area contributed by atoms with Gasteiger partial charge in [0.15, 0.2) is 0 Å². The van der Waals surface area contributed by atoms with E-state index < -0.39 is 34.3 Å². The maximum Gasteiger partial charge on any atom is 0.307 e. The maximum absolute atomic E-state index is 12.3. The third-order valence-electron chi connectivity index (χ3n) is 3.61. The van der Waals surface area contributed by atoms with Gasteiger partial charge in [-0.25, -0.2) is 0 Å². The average molecular weight is 294 g/mol. The summed E-state index contributed by atoms with van der Waals surface area (Å²) >= 11 is 0. The predicted octanol–water partition coefficient (Wildman–Crippen LogP) is -1.93. The van der Waals surface area contributed by atoms with Crippen LogP contribution in [-0.4, -0.2) is 76.7 Å². The molecular formula is C10H18N2O6S. The molecule has 0 aliphatic carbocycles. The second-order valence-corrected chi connectivity index (χ2v) is 6.92. The number of carboxylic acids is 1. The van der Waals surface area contributed by atoms with Crippen molar-refractivity contribution in [1.82, 2.24) is 8.61 Å². The molecule has 3 unspecified atom stereocenters. The van der Waals surface area contributed by atoms with Crippen molar-refractivity contribution in [1.29, 1.82) is 0 Å². The highest BCUT2D eigenvalue weighted by Gasteiger charge is 2.41. The Morgan fingerprint density at radius 1 is 1.05 bits per heavy atom. The Hall–Kier alpha value is -0.740. The average Bonchev–Trinajstić information content (AvgIpc) is 2.70. The minimum Gasteiger partial charge on any atom is -0.481 e. The van der Waals surface area contributed by atoms with Crippen LogP contribution in [0.25, 0.3) is 0 Å². The van der Waals surface area contributed by atoms with Gasteiger partial charge in [-0.1, -0.05) is 0 Å². The molecule has 19 heavy (non-hydrogen) atoms. The van der Waals surface area contributed by atoms with E-state index in [2.05, 4.69) is 0 Å². The Morgan fingerprint density at radius 3 is 2.16 bits per heavy atom. The zero-order valence-electron chi connectivity index (χ0n) is 10.3. The molecule has 9 heteroatoms. The molecule has 0 aromatic rings. The van der Waals surface area contributed by atoms with Crippen LogP contribution in [0.5, 0.6) is 0 Å². The Kier molecular flexibility index (Phi) is 4.11. The molecule has 2 heterocycles. The van der Waals surface area contributed by atoms with E-state index in [1.54, 1.807) is 0 Å². The molecule has 0 radical (unpaired) electrons. The number of aliphatic hydroxyl groups is 2. The molecule has 0 spiro atoms. The number of rotatable bonds is 3. The van der Waals surface area contributed by atoms with Gasteiger partial charge in [-0.15, -0.1) is 0 Å². The molecule has 2 aliphatic heterocycles. The third-order valence-corrected chi connectivity index (χ3v) is 5.55. The molecule has 2 fully saturated rings. The zero-order valence-corrected chi connectivity index (χ0v) is 11.2. The summed E-state index contributed by atoms with van der Waals surface area (Å²) in [5.41, 5.74) is 0. The molecule has 0 saturated carbocycles. The van der Waals surface area contributed by atoms with Gasteiger partial charge in [-0.05, 0) is 12.8 Å². The van der Waals surface area contributed by atoms with Gasteiger partial charge in [-0.3, -0.25) is 4.79 Å². The lowest BCUT2D eigenvalue weighted by Crippen LogP contribution is -2.48. The summed E-state index contributed by atoms with van der Waals surface area (Å²) in [6.45, 7) is -0.0926. The van der Waals surface area contributed by atoms with E-state index in [1.165, 1.54) is 0 Å². The van der Waals surface area contributed by atoms with Crippen molar-refractivity contribution in [3.05, 3.63) is 0 Å². The molecule has 0 aromatic carbocycles. The Labute approximate surface area is 111 Å².